The number of rotatable bonds is 2. The Bertz CT molecular complexity index is 1870. The first kappa shape index (κ1) is 23.5. The minimum absolute atomic E-state index is 0.178. The molecule has 0 saturated carbocycles. The zero-order valence-electron chi connectivity index (χ0n) is 20.5. The monoisotopic (exact) mass is 509 g/mol. The summed E-state index contributed by atoms with van der Waals surface area (Å²) in [5.74, 6) is 0. The largest absolute Gasteiger partial charge is 0.744 e. The van der Waals surface area contributed by atoms with Gasteiger partial charge in [-0.1, -0.05) is 35.9 Å². The number of aromatic nitrogens is 2. The maximum atomic E-state index is 10.4. The highest BCUT2D eigenvalue weighted by atomic mass is 32.2. The van der Waals surface area contributed by atoms with E-state index in [0.717, 1.165) is 5.56 Å². The van der Waals surface area contributed by atoms with Crippen LogP contribution in [0.15, 0.2) is 102 Å². The molecule has 0 unspecified atom stereocenters. The first-order valence-electron chi connectivity index (χ1n) is 12.4. The average Bonchev–Trinajstić information content (AvgIpc) is 3.57. The van der Waals surface area contributed by atoms with Gasteiger partial charge in [-0.25, -0.2) is 8.42 Å². The summed E-state index contributed by atoms with van der Waals surface area (Å²) in [5.41, 5.74) is 7.22. The van der Waals surface area contributed by atoms with Gasteiger partial charge in [0.15, 0.2) is 5.52 Å². The van der Waals surface area contributed by atoms with Gasteiger partial charge < -0.3 is 9.45 Å². The van der Waals surface area contributed by atoms with Crippen molar-refractivity contribution in [2.75, 3.05) is 18.0 Å². The second-order valence-electron chi connectivity index (χ2n) is 9.55. The number of hydrogen-bond acceptors (Lipinski definition) is 4. The number of para-hydroxylation sites is 1. The van der Waals surface area contributed by atoms with E-state index in [1.54, 1.807) is 12.1 Å². The molecule has 0 spiro atoms. The van der Waals surface area contributed by atoms with Gasteiger partial charge in [-0.2, -0.15) is 8.80 Å². The minimum atomic E-state index is -4.27. The Morgan fingerprint density at radius 3 is 2.30 bits per heavy atom. The summed E-state index contributed by atoms with van der Waals surface area (Å²) in [4.78, 5) is 2.32. The van der Waals surface area contributed by atoms with Crippen molar-refractivity contribution in [1.29, 1.82) is 0 Å². The van der Waals surface area contributed by atoms with E-state index in [-0.39, 0.29) is 4.90 Å². The predicted octanol–water partition coefficient (Wildman–Crippen LogP) is 5.48. The number of benzene rings is 3. The lowest BCUT2D eigenvalue weighted by molar-refractivity contribution is -0.479. The smallest absolute Gasteiger partial charge is 0.292 e. The molecular formula is C30H27N3O3S. The maximum Gasteiger partial charge on any atom is 0.292 e. The summed E-state index contributed by atoms with van der Waals surface area (Å²) in [6.07, 6.45) is 4.87. The Labute approximate surface area is 215 Å². The summed E-state index contributed by atoms with van der Waals surface area (Å²) >= 11 is 0. The second kappa shape index (κ2) is 9.18. The summed E-state index contributed by atoms with van der Waals surface area (Å²) in [5, 5.41) is 2.56. The van der Waals surface area contributed by atoms with Crippen LogP contribution >= 0.6 is 0 Å². The van der Waals surface area contributed by atoms with Crippen molar-refractivity contribution < 1.29 is 17.4 Å². The van der Waals surface area contributed by atoms with Gasteiger partial charge in [-0.15, -0.1) is 0 Å². The fraction of sp³-hybridized carbons (Fsp3) is 0.167. The molecule has 0 N–H and O–H groups in total. The summed E-state index contributed by atoms with van der Waals surface area (Å²) in [6, 6.07) is 30.2. The van der Waals surface area contributed by atoms with E-state index in [1.165, 1.54) is 76.7 Å². The molecule has 1 aliphatic rings. The number of pyridine rings is 2. The van der Waals surface area contributed by atoms with Gasteiger partial charge >= 0.3 is 0 Å². The van der Waals surface area contributed by atoms with Crippen molar-refractivity contribution in [1.82, 2.24) is 4.40 Å². The molecule has 7 rings (SSSR count). The third kappa shape index (κ3) is 4.41. The third-order valence-corrected chi connectivity index (χ3v) is 7.92. The van der Waals surface area contributed by atoms with Crippen molar-refractivity contribution in [3.63, 3.8) is 0 Å². The molecule has 0 radical (unpaired) electrons. The molecule has 3 aromatic carbocycles. The lowest BCUT2D eigenvalue weighted by atomic mass is 10.2. The van der Waals surface area contributed by atoms with E-state index >= 15 is 0 Å². The van der Waals surface area contributed by atoms with E-state index in [2.05, 4.69) is 86.6 Å². The lowest BCUT2D eigenvalue weighted by Crippen LogP contribution is -2.21. The van der Waals surface area contributed by atoms with E-state index < -0.39 is 10.1 Å². The van der Waals surface area contributed by atoms with Crippen molar-refractivity contribution in [2.45, 2.75) is 24.7 Å². The van der Waals surface area contributed by atoms with Crippen LogP contribution in [0.4, 0.5) is 5.69 Å². The Balaban J connectivity index is 0.000000194. The van der Waals surface area contributed by atoms with Crippen LogP contribution in [0.25, 0.3) is 33.0 Å². The van der Waals surface area contributed by atoms with Gasteiger partial charge in [-0.3, -0.25) is 0 Å². The molecule has 6 aromatic rings. The summed E-state index contributed by atoms with van der Waals surface area (Å²) < 4.78 is 35.8. The Morgan fingerprint density at radius 1 is 0.811 bits per heavy atom. The Morgan fingerprint density at radius 2 is 1.54 bits per heavy atom. The number of hydrogen-bond donors (Lipinski definition) is 0. The highest BCUT2D eigenvalue weighted by molar-refractivity contribution is 7.85. The zero-order chi connectivity index (χ0) is 25.6. The average molecular weight is 510 g/mol. The molecule has 186 valence electrons. The molecule has 7 heteroatoms. The molecule has 0 aliphatic carbocycles. The van der Waals surface area contributed by atoms with Gasteiger partial charge in [0, 0.05) is 35.6 Å². The van der Waals surface area contributed by atoms with Crippen LogP contribution < -0.4 is 9.30 Å². The van der Waals surface area contributed by atoms with Gasteiger partial charge in [0.1, 0.15) is 27.3 Å². The molecule has 1 fully saturated rings. The molecular weight excluding hydrogens is 482 g/mol. The molecule has 0 atom stereocenters. The van der Waals surface area contributed by atoms with Crippen LogP contribution in [0.2, 0.25) is 0 Å². The third-order valence-electron chi connectivity index (χ3n) is 7.07. The standard InChI is InChI=1S/C23H20N3.C7H8O3S/c1-2-6-22-17(5-1)7-9-20-16-25-21-11-10-19(24-13-3-4-14-24)15-18(21)8-12-23(25)26(20)22;1-6-2-4-7(5-3-6)11(8,9)10/h1-2,5-12,15-16H,3-4,13-14H2;2-5H,1H3,(H,8,9,10)/q+1;/p-1. The molecule has 0 amide bonds. The van der Waals surface area contributed by atoms with Crippen LogP contribution in [-0.2, 0) is 10.1 Å². The number of imidazole rings is 1. The molecule has 3 aromatic heterocycles. The second-order valence-corrected chi connectivity index (χ2v) is 10.9. The fourth-order valence-corrected chi connectivity index (χ4v) is 5.64. The zero-order valence-corrected chi connectivity index (χ0v) is 21.4. The summed E-state index contributed by atoms with van der Waals surface area (Å²) in [7, 11) is -4.27. The van der Waals surface area contributed by atoms with E-state index in [1.807, 2.05) is 6.92 Å². The highest BCUT2D eigenvalue weighted by Crippen LogP contribution is 2.26. The minimum Gasteiger partial charge on any atom is -0.744 e. The van der Waals surface area contributed by atoms with Crippen molar-refractivity contribution in [3.8, 4) is 0 Å². The van der Waals surface area contributed by atoms with Crippen LogP contribution in [0.1, 0.15) is 18.4 Å². The van der Waals surface area contributed by atoms with Crippen LogP contribution in [0.3, 0.4) is 0 Å². The van der Waals surface area contributed by atoms with Crippen molar-refractivity contribution in [3.05, 3.63) is 103 Å². The number of nitrogens with zero attached hydrogens (tertiary/aromatic N) is 3. The quantitative estimate of drug-likeness (QED) is 0.229. The first-order valence-corrected chi connectivity index (χ1v) is 13.8. The normalized spacial score (nSPS) is 13.9. The SMILES string of the molecule is Cc1ccc(S(=O)(=O)[O-])cc1.c1ccc2c(c1)ccc1c[n+]3c4ccc(N5CCCC5)cc4ccc3n12. The summed E-state index contributed by atoms with van der Waals surface area (Å²) in [6.45, 7) is 4.19. The van der Waals surface area contributed by atoms with Gasteiger partial charge in [0.2, 0.25) is 0 Å². The Kier molecular flexibility index (Phi) is 5.82. The van der Waals surface area contributed by atoms with E-state index in [0.29, 0.717) is 0 Å². The maximum absolute atomic E-state index is 10.4. The fourth-order valence-electron chi connectivity index (χ4n) is 5.17. The molecule has 0 bridgehead atoms. The predicted molar refractivity (Wildman–Crippen MR) is 146 cm³/mol. The van der Waals surface area contributed by atoms with Crippen molar-refractivity contribution in [2.24, 2.45) is 0 Å². The van der Waals surface area contributed by atoms with Gasteiger partial charge in [0.25, 0.3) is 5.65 Å². The van der Waals surface area contributed by atoms with Gasteiger partial charge in [-0.05, 0) is 74.4 Å². The topological polar surface area (TPSA) is 69.0 Å². The molecule has 4 heterocycles. The van der Waals surface area contributed by atoms with Crippen LogP contribution in [0, 0.1) is 6.92 Å². The first-order chi connectivity index (χ1) is 17.9. The van der Waals surface area contributed by atoms with E-state index in [9.17, 15) is 13.0 Å². The van der Waals surface area contributed by atoms with E-state index in [4.69, 9.17) is 0 Å². The van der Waals surface area contributed by atoms with Crippen LogP contribution in [-0.4, -0.2) is 30.5 Å². The number of fused-ring (bicyclic) bond motifs is 7. The highest BCUT2D eigenvalue weighted by Gasteiger charge is 2.18. The molecule has 1 aliphatic heterocycles. The molecule has 6 nitrogen and oxygen atoms in total. The lowest BCUT2D eigenvalue weighted by Gasteiger charge is -2.17. The van der Waals surface area contributed by atoms with Crippen LogP contribution in [0.5, 0.6) is 0 Å². The Hall–Kier alpha value is -3.94. The number of anilines is 1. The molecule has 37 heavy (non-hydrogen) atoms. The number of aryl methyl sites for hydroxylation is 1. The van der Waals surface area contributed by atoms with Gasteiger partial charge in [0.05, 0.1) is 4.90 Å². The molecule has 1 saturated heterocycles. The van der Waals surface area contributed by atoms with Crippen molar-refractivity contribution >= 4 is 48.8 Å².